The average Bonchev–Trinajstić information content (AvgIpc) is 2.44. The number of halogens is 1. The number of urea groups is 1. The van der Waals surface area contributed by atoms with Crippen molar-refractivity contribution in [3.05, 3.63) is 46.1 Å². The topological polar surface area (TPSA) is 58.6 Å². The molecular formula is C15H17ClN2O3. The zero-order valence-corrected chi connectivity index (χ0v) is 12.9. The molecule has 21 heavy (non-hydrogen) atoms. The van der Waals surface area contributed by atoms with Crippen LogP contribution in [0.1, 0.15) is 25.5 Å². The number of carbonyl (C=O) groups excluding carboxylic acids is 2. The molecule has 0 saturated carbocycles. The van der Waals surface area contributed by atoms with Crippen molar-refractivity contribution in [3.8, 4) is 0 Å². The van der Waals surface area contributed by atoms with Crippen LogP contribution in [0.25, 0.3) is 0 Å². The molecule has 1 aromatic carbocycles. The molecule has 0 radical (unpaired) electrons. The van der Waals surface area contributed by atoms with Crippen LogP contribution in [-0.4, -0.2) is 30.6 Å². The summed E-state index contributed by atoms with van der Waals surface area (Å²) in [5.74, 6) is -0.438. The van der Waals surface area contributed by atoms with Gasteiger partial charge in [0.05, 0.1) is 18.2 Å². The number of nitrogens with one attached hydrogen (secondary N) is 1. The first-order chi connectivity index (χ1) is 9.95. The number of hydrogen-bond acceptors (Lipinski definition) is 3. The van der Waals surface area contributed by atoms with E-state index in [2.05, 4.69) is 5.32 Å². The Bertz CT molecular complexity index is 613. The zero-order chi connectivity index (χ0) is 15.6. The first kappa shape index (κ1) is 15.4. The van der Waals surface area contributed by atoms with Crippen LogP contribution in [0.5, 0.6) is 0 Å². The summed E-state index contributed by atoms with van der Waals surface area (Å²) in [7, 11) is 1.61. The summed E-state index contributed by atoms with van der Waals surface area (Å²) >= 11 is 6.00. The third kappa shape index (κ3) is 3.03. The Hall–Kier alpha value is -2.01. The second-order valence-corrected chi connectivity index (χ2v) is 5.15. The third-order valence-corrected chi connectivity index (χ3v) is 3.67. The van der Waals surface area contributed by atoms with Crippen LogP contribution in [0, 0.1) is 0 Å². The molecule has 0 aliphatic carbocycles. The van der Waals surface area contributed by atoms with Crippen LogP contribution in [0.3, 0.4) is 0 Å². The number of nitrogens with zero attached hydrogens (tertiary/aromatic N) is 1. The van der Waals surface area contributed by atoms with Gasteiger partial charge in [-0.25, -0.2) is 9.59 Å². The molecule has 0 aromatic heterocycles. The molecule has 0 saturated heterocycles. The SMILES string of the molecule is CCOC(=O)C1=C(C)N(C)C(=O)N[C@H]1c1cccc(Cl)c1. The maximum absolute atomic E-state index is 12.2. The number of benzene rings is 1. The van der Waals surface area contributed by atoms with E-state index in [1.165, 1.54) is 4.90 Å². The largest absolute Gasteiger partial charge is 0.463 e. The molecule has 6 heteroatoms. The smallest absolute Gasteiger partial charge is 0.338 e. The van der Waals surface area contributed by atoms with Crippen molar-refractivity contribution in [3.63, 3.8) is 0 Å². The van der Waals surface area contributed by atoms with E-state index in [1.54, 1.807) is 39.1 Å². The molecule has 0 unspecified atom stereocenters. The van der Waals surface area contributed by atoms with Gasteiger partial charge in [-0.1, -0.05) is 23.7 Å². The Morgan fingerprint density at radius 1 is 1.48 bits per heavy atom. The van der Waals surface area contributed by atoms with Crippen LogP contribution >= 0.6 is 11.6 Å². The monoisotopic (exact) mass is 308 g/mol. The Kier molecular flexibility index (Phi) is 4.53. The maximum Gasteiger partial charge on any atom is 0.338 e. The molecular weight excluding hydrogens is 292 g/mol. The van der Waals surface area contributed by atoms with Gasteiger partial charge >= 0.3 is 12.0 Å². The molecule has 5 nitrogen and oxygen atoms in total. The standard InChI is InChI=1S/C15H17ClN2O3/c1-4-21-14(19)12-9(2)18(3)15(20)17-13(12)10-6-5-7-11(16)8-10/h5-8,13H,4H2,1-3H3,(H,17,20)/t13-/m0/s1. The Balaban J connectivity index is 2.51. The fourth-order valence-corrected chi connectivity index (χ4v) is 2.44. The summed E-state index contributed by atoms with van der Waals surface area (Å²) in [4.78, 5) is 25.6. The highest BCUT2D eigenvalue weighted by atomic mass is 35.5. The van der Waals surface area contributed by atoms with E-state index < -0.39 is 12.0 Å². The summed E-state index contributed by atoms with van der Waals surface area (Å²) in [5, 5.41) is 3.34. The van der Waals surface area contributed by atoms with Gasteiger partial charge in [-0.05, 0) is 31.5 Å². The van der Waals surface area contributed by atoms with Gasteiger partial charge in [0.25, 0.3) is 0 Å². The molecule has 1 heterocycles. The van der Waals surface area contributed by atoms with Crippen LogP contribution in [-0.2, 0) is 9.53 Å². The molecule has 1 aliphatic rings. The van der Waals surface area contributed by atoms with Gasteiger partial charge < -0.3 is 15.0 Å². The minimum Gasteiger partial charge on any atom is -0.463 e. The summed E-state index contributed by atoms with van der Waals surface area (Å²) < 4.78 is 5.11. The molecule has 0 spiro atoms. The molecule has 2 amide bonds. The molecule has 1 atom stereocenters. The van der Waals surface area contributed by atoms with E-state index in [1.807, 2.05) is 6.07 Å². The van der Waals surface area contributed by atoms with Gasteiger partial charge in [0, 0.05) is 17.8 Å². The van der Waals surface area contributed by atoms with Gasteiger partial charge in [0.1, 0.15) is 0 Å². The first-order valence-electron chi connectivity index (χ1n) is 6.63. The Labute approximate surface area is 128 Å². The number of allylic oxidation sites excluding steroid dienone is 1. The number of esters is 1. The average molecular weight is 309 g/mol. The number of ether oxygens (including phenoxy) is 1. The fraction of sp³-hybridized carbons (Fsp3) is 0.333. The van der Waals surface area contributed by atoms with E-state index in [4.69, 9.17) is 16.3 Å². The molecule has 0 fully saturated rings. The van der Waals surface area contributed by atoms with Gasteiger partial charge in [0.2, 0.25) is 0 Å². The summed E-state index contributed by atoms with van der Waals surface area (Å²) in [5.41, 5.74) is 1.73. The van der Waals surface area contributed by atoms with Crippen LogP contribution < -0.4 is 5.32 Å². The number of amides is 2. The van der Waals surface area contributed by atoms with E-state index in [0.29, 0.717) is 16.3 Å². The lowest BCUT2D eigenvalue weighted by atomic mass is 9.95. The lowest BCUT2D eigenvalue weighted by molar-refractivity contribution is -0.139. The van der Waals surface area contributed by atoms with Crippen molar-refractivity contribution in [1.82, 2.24) is 10.2 Å². The second-order valence-electron chi connectivity index (χ2n) is 4.72. The molecule has 1 aliphatic heterocycles. The molecule has 1 aromatic rings. The van der Waals surface area contributed by atoms with Crippen LogP contribution in [0.2, 0.25) is 5.02 Å². The van der Waals surface area contributed by atoms with E-state index in [-0.39, 0.29) is 12.6 Å². The minimum atomic E-state index is -0.563. The maximum atomic E-state index is 12.2. The van der Waals surface area contributed by atoms with Crippen molar-refractivity contribution in [2.45, 2.75) is 19.9 Å². The van der Waals surface area contributed by atoms with Crippen molar-refractivity contribution in [2.24, 2.45) is 0 Å². The molecule has 2 rings (SSSR count). The van der Waals surface area contributed by atoms with E-state index in [9.17, 15) is 9.59 Å². The van der Waals surface area contributed by atoms with Gasteiger partial charge in [-0.15, -0.1) is 0 Å². The molecule has 112 valence electrons. The second kappa shape index (κ2) is 6.18. The zero-order valence-electron chi connectivity index (χ0n) is 12.1. The number of rotatable bonds is 3. The Morgan fingerprint density at radius 2 is 2.19 bits per heavy atom. The predicted molar refractivity (Wildman–Crippen MR) is 79.8 cm³/mol. The first-order valence-corrected chi connectivity index (χ1v) is 7.01. The molecule has 0 bridgehead atoms. The highest BCUT2D eigenvalue weighted by Gasteiger charge is 2.34. The van der Waals surface area contributed by atoms with Gasteiger partial charge in [-0.3, -0.25) is 0 Å². The summed E-state index contributed by atoms with van der Waals surface area (Å²) in [6.45, 7) is 3.74. The van der Waals surface area contributed by atoms with Crippen molar-refractivity contribution < 1.29 is 14.3 Å². The van der Waals surface area contributed by atoms with Crippen molar-refractivity contribution in [1.29, 1.82) is 0 Å². The normalized spacial score (nSPS) is 18.6. The highest BCUT2D eigenvalue weighted by Crippen LogP contribution is 2.31. The lowest BCUT2D eigenvalue weighted by Crippen LogP contribution is -2.46. The summed E-state index contributed by atoms with van der Waals surface area (Å²) in [6, 6.07) is 6.22. The molecule has 1 N–H and O–H groups in total. The fourth-order valence-electron chi connectivity index (χ4n) is 2.24. The van der Waals surface area contributed by atoms with Crippen molar-refractivity contribution in [2.75, 3.05) is 13.7 Å². The Morgan fingerprint density at radius 3 is 2.81 bits per heavy atom. The minimum absolute atomic E-state index is 0.273. The van der Waals surface area contributed by atoms with E-state index in [0.717, 1.165) is 5.56 Å². The van der Waals surface area contributed by atoms with Gasteiger partial charge in [-0.2, -0.15) is 0 Å². The van der Waals surface area contributed by atoms with Crippen LogP contribution in [0.15, 0.2) is 35.5 Å². The predicted octanol–water partition coefficient (Wildman–Crippen LogP) is 2.87. The third-order valence-electron chi connectivity index (χ3n) is 3.43. The number of carbonyl (C=O) groups is 2. The van der Waals surface area contributed by atoms with Crippen molar-refractivity contribution >= 4 is 23.6 Å². The quantitative estimate of drug-likeness (QED) is 0.874. The lowest BCUT2D eigenvalue weighted by Gasteiger charge is -2.33. The van der Waals surface area contributed by atoms with Crippen LogP contribution in [0.4, 0.5) is 4.79 Å². The summed E-state index contributed by atoms with van der Waals surface area (Å²) in [6.07, 6.45) is 0. The van der Waals surface area contributed by atoms with E-state index >= 15 is 0 Å². The highest BCUT2D eigenvalue weighted by molar-refractivity contribution is 6.30. The van der Waals surface area contributed by atoms with Gasteiger partial charge in [0.15, 0.2) is 0 Å². The number of hydrogen-bond donors (Lipinski definition) is 1.